The van der Waals surface area contributed by atoms with Crippen molar-refractivity contribution >= 4 is 23.5 Å². The van der Waals surface area contributed by atoms with E-state index in [0.717, 1.165) is 24.2 Å². The highest BCUT2D eigenvalue weighted by atomic mass is 32.2. The van der Waals surface area contributed by atoms with E-state index in [-0.39, 0.29) is 12.2 Å². The Morgan fingerprint density at radius 3 is 2.80 bits per heavy atom. The van der Waals surface area contributed by atoms with Gasteiger partial charge in [-0.3, -0.25) is 4.79 Å². The van der Waals surface area contributed by atoms with Gasteiger partial charge in [0.25, 0.3) is 5.56 Å². The first-order chi connectivity index (χ1) is 14.5. The summed E-state index contributed by atoms with van der Waals surface area (Å²) in [6.45, 7) is 5.92. The Hall–Kier alpha value is -2.74. The van der Waals surface area contributed by atoms with Gasteiger partial charge in [0.05, 0.1) is 30.8 Å². The van der Waals surface area contributed by atoms with Crippen LogP contribution in [0.25, 0.3) is 0 Å². The predicted octanol–water partition coefficient (Wildman–Crippen LogP) is 4.07. The van der Waals surface area contributed by atoms with Crippen LogP contribution in [0, 0.1) is 0 Å². The van der Waals surface area contributed by atoms with Crippen LogP contribution in [0.15, 0.2) is 45.5 Å². The summed E-state index contributed by atoms with van der Waals surface area (Å²) >= 11 is 1.52. The van der Waals surface area contributed by atoms with Crippen LogP contribution in [0.2, 0.25) is 0 Å². The first-order valence-corrected chi connectivity index (χ1v) is 11.0. The van der Waals surface area contributed by atoms with E-state index in [1.165, 1.54) is 11.8 Å². The van der Waals surface area contributed by atoms with E-state index in [1.807, 2.05) is 24.3 Å². The van der Waals surface area contributed by atoms with Crippen LogP contribution >= 0.6 is 11.8 Å². The van der Waals surface area contributed by atoms with Gasteiger partial charge in [-0.15, -0.1) is 0 Å². The fraction of sp³-hybridized carbons (Fsp3) is 0.409. The molecule has 1 aliphatic rings. The van der Waals surface area contributed by atoms with E-state index in [1.54, 1.807) is 21.0 Å². The number of aromatic amines is 1. The molecule has 0 saturated heterocycles. The number of aromatic nitrogens is 2. The molecule has 0 saturated carbocycles. The summed E-state index contributed by atoms with van der Waals surface area (Å²) in [6.07, 6.45) is 2.11. The lowest BCUT2D eigenvalue weighted by atomic mass is 9.82. The average Bonchev–Trinajstić information content (AvgIpc) is 2.73. The molecular formula is C22H27N3O4S. The second-order valence-corrected chi connectivity index (χ2v) is 8.01. The topological polar surface area (TPSA) is 93.3 Å². The van der Waals surface area contributed by atoms with Gasteiger partial charge in [0.1, 0.15) is 11.6 Å². The van der Waals surface area contributed by atoms with Gasteiger partial charge >= 0.3 is 5.97 Å². The molecule has 0 fully saturated rings. The molecule has 30 heavy (non-hydrogen) atoms. The lowest BCUT2D eigenvalue weighted by Gasteiger charge is -2.29. The number of hydrogen-bond donors (Lipinski definition) is 2. The molecule has 2 heterocycles. The van der Waals surface area contributed by atoms with Gasteiger partial charge in [0.15, 0.2) is 5.16 Å². The van der Waals surface area contributed by atoms with Crippen LogP contribution < -0.4 is 15.6 Å². The molecule has 2 N–H and O–H groups in total. The average molecular weight is 430 g/mol. The van der Waals surface area contributed by atoms with Crippen molar-refractivity contribution in [3.63, 3.8) is 0 Å². The second-order valence-electron chi connectivity index (χ2n) is 6.93. The largest absolute Gasteiger partial charge is 0.497 e. The number of hydrogen-bond acceptors (Lipinski definition) is 7. The summed E-state index contributed by atoms with van der Waals surface area (Å²) in [5.74, 6) is 0.921. The summed E-state index contributed by atoms with van der Waals surface area (Å²) in [5.41, 5.74) is 1.91. The van der Waals surface area contributed by atoms with E-state index >= 15 is 0 Å². The smallest absolute Gasteiger partial charge is 0.336 e. The molecule has 1 atom stereocenters. The summed E-state index contributed by atoms with van der Waals surface area (Å²) in [6, 6.07) is 7.36. The number of benzene rings is 1. The van der Waals surface area contributed by atoms with Gasteiger partial charge in [0.2, 0.25) is 0 Å². The van der Waals surface area contributed by atoms with Gasteiger partial charge in [-0.1, -0.05) is 37.2 Å². The highest BCUT2D eigenvalue weighted by Crippen LogP contribution is 2.40. The number of carbonyl (C=O) groups is 1. The molecule has 0 amide bonds. The molecule has 2 aromatic rings. The third-order valence-corrected chi connectivity index (χ3v) is 5.84. The number of H-pyrrole nitrogens is 1. The zero-order valence-electron chi connectivity index (χ0n) is 17.7. The SMILES string of the molecule is CCCCSc1nc2c(c(=O)[nH]1)C(c1cccc(OC)c1)C(C(=O)OCC)=C(C)N2. The lowest BCUT2D eigenvalue weighted by Crippen LogP contribution is -2.31. The molecule has 0 aliphatic carbocycles. The second kappa shape index (κ2) is 9.84. The number of esters is 1. The van der Waals surface area contributed by atoms with Crippen molar-refractivity contribution in [3.8, 4) is 5.75 Å². The van der Waals surface area contributed by atoms with Crippen LogP contribution in [0.3, 0.4) is 0 Å². The first-order valence-electron chi connectivity index (χ1n) is 10.1. The molecule has 160 valence electrons. The highest BCUT2D eigenvalue weighted by Gasteiger charge is 2.36. The molecule has 1 unspecified atom stereocenters. The van der Waals surface area contributed by atoms with E-state index in [9.17, 15) is 9.59 Å². The number of carbonyl (C=O) groups excluding carboxylic acids is 1. The minimum absolute atomic E-state index is 0.245. The van der Waals surface area contributed by atoms with Crippen molar-refractivity contribution in [3.05, 3.63) is 57.0 Å². The molecule has 3 rings (SSSR count). The zero-order valence-corrected chi connectivity index (χ0v) is 18.5. The molecule has 1 aromatic carbocycles. The molecule has 1 aliphatic heterocycles. The fourth-order valence-electron chi connectivity index (χ4n) is 3.45. The number of fused-ring (bicyclic) bond motifs is 1. The van der Waals surface area contributed by atoms with Crippen molar-refractivity contribution in [1.29, 1.82) is 0 Å². The first kappa shape index (κ1) is 22.0. The van der Waals surface area contributed by atoms with Gasteiger partial charge in [-0.05, 0) is 38.0 Å². The van der Waals surface area contributed by atoms with Gasteiger partial charge in [0, 0.05) is 11.4 Å². The fourth-order valence-corrected chi connectivity index (χ4v) is 4.39. The van der Waals surface area contributed by atoms with Crippen LogP contribution in [-0.4, -0.2) is 35.4 Å². The zero-order chi connectivity index (χ0) is 21.7. The quantitative estimate of drug-likeness (QED) is 0.283. The normalized spacial score (nSPS) is 15.4. The number of nitrogens with one attached hydrogen (secondary N) is 2. The van der Waals surface area contributed by atoms with Crippen LogP contribution in [0.4, 0.5) is 5.82 Å². The molecule has 1 aromatic heterocycles. The number of anilines is 1. The summed E-state index contributed by atoms with van der Waals surface area (Å²) in [7, 11) is 1.58. The van der Waals surface area contributed by atoms with Crippen LogP contribution in [0.5, 0.6) is 5.75 Å². The van der Waals surface area contributed by atoms with E-state index in [2.05, 4.69) is 22.2 Å². The van der Waals surface area contributed by atoms with E-state index in [4.69, 9.17) is 9.47 Å². The number of allylic oxidation sites excluding steroid dienone is 1. The number of unbranched alkanes of at least 4 members (excludes halogenated alkanes) is 1. The lowest BCUT2D eigenvalue weighted by molar-refractivity contribution is -0.138. The highest BCUT2D eigenvalue weighted by molar-refractivity contribution is 7.99. The maximum Gasteiger partial charge on any atom is 0.336 e. The Morgan fingerprint density at radius 1 is 1.30 bits per heavy atom. The Morgan fingerprint density at radius 2 is 2.10 bits per heavy atom. The Balaban J connectivity index is 2.15. The van der Waals surface area contributed by atoms with Crippen molar-refractivity contribution in [2.24, 2.45) is 0 Å². The Kier molecular flexibility index (Phi) is 7.20. The number of thioether (sulfide) groups is 1. The van der Waals surface area contributed by atoms with Crippen molar-refractivity contribution < 1.29 is 14.3 Å². The molecular weight excluding hydrogens is 402 g/mol. The van der Waals surface area contributed by atoms with Crippen molar-refractivity contribution in [2.75, 3.05) is 24.8 Å². The summed E-state index contributed by atoms with van der Waals surface area (Å²) < 4.78 is 10.7. The third-order valence-electron chi connectivity index (χ3n) is 4.88. The summed E-state index contributed by atoms with van der Waals surface area (Å²) in [5, 5.41) is 3.72. The standard InChI is InChI=1S/C22H27N3O4S/c1-5-7-11-30-22-24-19-18(20(26)25-22)17(14-9-8-10-15(12-14)28-4)16(13(3)23-19)21(27)29-6-2/h8-10,12,17H,5-7,11H2,1-4H3,(H2,23,24,25,26). The number of methoxy groups -OCH3 is 1. The molecule has 0 spiro atoms. The Bertz CT molecular complexity index is 1020. The number of ether oxygens (including phenoxy) is 2. The van der Waals surface area contributed by atoms with Crippen molar-refractivity contribution in [1.82, 2.24) is 9.97 Å². The van der Waals surface area contributed by atoms with Gasteiger partial charge < -0.3 is 19.8 Å². The molecule has 7 nitrogen and oxygen atoms in total. The third kappa shape index (κ3) is 4.53. The van der Waals surface area contributed by atoms with Crippen LogP contribution in [-0.2, 0) is 9.53 Å². The van der Waals surface area contributed by atoms with E-state index in [0.29, 0.717) is 33.6 Å². The number of rotatable bonds is 8. The minimum atomic E-state index is -0.610. The maximum atomic E-state index is 13.1. The molecule has 8 heteroatoms. The predicted molar refractivity (Wildman–Crippen MR) is 118 cm³/mol. The molecule has 0 bridgehead atoms. The van der Waals surface area contributed by atoms with Crippen LogP contribution in [0.1, 0.15) is 50.7 Å². The molecule has 0 radical (unpaired) electrons. The van der Waals surface area contributed by atoms with Crippen molar-refractivity contribution in [2.45, 2.75) is 44.7 Å². The van der Waals surface area contributed by atoms with Gasteiger partial charge in [-0.25, -0.2) is 9.78 Å². The monoisotopic (exact) mass is 429 g/mol. The summed E-state index contributed by atoms with van der Waals surface area (Å²) in [4.78, 5) is 33.5. The van der Waals surface area contributed by atoms with E-state index < -0.39 is 11.9 Å². The number of nitrogens with zero attached hydrogens (tertiary/aromatic N) is 1. The van der Waals surface area contributed by atoms with Gasteiger partial charge in [-0.2, -0.15) is 0 Å². The minimum Gasteiger partial charge on any atom is -0.497 e. The Labute approximate surface area is 180 Å². The maximum absolute atomic E-state index is 13.1.